The number of nitrogens with one attached hydrogen (secondary N) is 2. The topological polar surface area (TPSA) is 131 Å². The lowest BCUT2D eigenvalue weighted by atomic mass is 10.1. The van der Waals surface area contributed by atoms with E-state index in [9.17, 15) is 18.0 Å². The maximum Gasteiger partial charge on any atom is 0.263 e. The van der Waals surface area contributed by atoms with E-state index in [1.165, 1.54) is 19.1 Å². The van der Waals surface area contributed by atoms with Crippen molar-refractivity contribution in [2.24, 2.45) is 0 Å². The van der Waals surface area contributed by atoms with Crippen LogP contribution in [0.3, 0.4) is 0 Å². The molecule has 0 unspecified atom stereocenters. The zero-order valence-corrected chi connectivity index (χ0v) is 20.0. The normalized spacial score (nSPS) is 14.0. The maximum atomic E-state index is 12.8. The van der Waals surface area contributed by atoms with Crippen molar-refractivity contribution < 1.29 is 22.7 Å². The number of benzene rings is 2. The van der Waals surface area contributed by atoms with Gasteiger partial charge >= 0.3 is 0 Å². The molecule has 2 amide bonds. The van der Waals surface area contributed by atoms with Gasteiger partial charge in [0.15, 0.2) is 0 Å². The van der Waals surface area contributed by atoms with Crippen LogP contribution in [0.2, 0.25) is 0 Å². The molecule has 0 spiro atoms. The molecule has 3 aromatic rings. The van der Waals surface area contributed by atoms with E-state index in [-0.39, 0.29) is 28.3 Å². The highest BCUT2D eigenvalue weighted by atomic mass is 32.2. The quantitative estimate of drug-likeness (QED) is 0.508. The number of amides is 2. The molecule has 0 atom stereocenters. The Labute approximate surface area is 201 Å². The molecular formula is C22H23N5O5S2. The highest BCUT2D eigenvalue weighted by Gasteiger charge is 2.21. The van der Waals surface area contributed by atoms with E-state index < -0.39 is 10.0 Å². The van der Waals surface area contributed by atoms with Crippen LogP contribution in [0.5, 0.6) is 0 Å². The van der Waals surface area contributed by atoms with Crippen LogP contribution in [0, 0.1) is 0 Å². The first-order chi connectivity index (χ1) is 16.3. The molecule has 4 rings (SSSR count). The number of carbonyl (C=O) groups excluding carboxylic acids is 2. The Hall–Kier alpha value is -3.35. The summed E-state index contributed by atoms with van der Waals surface area (Å²) in [7, 11) is -3.88. The second-order valence-electron chi connectivity index (χ2n) is 7.56. The molecule has 1 aliphatic rings. The number of anilines is 2. The summed E-state index contributed by atoms with van der Waals surface area (Å²) >= 11 is 1.03. The first-order valence-electron chi connectivity index (χ1n) is 10.5. The predicted octanol–water partition coefficient (Wildman–Crippen LogP) is 2.37. The molecule has 34 heavy (non-hydrogen) atoms. The average molecular weight is 502 g/mol. The number of aromatic nitrogens is 2. The smallest absolute Gasteiger partial charge is 0.263 e. The SMILES string of the molecule is CC(=O)Nc1cccc(-c2ccc(S(=O)(=O)Nc3nnc(CC(=O)N4CCOCC4)s3)cc2)c1. The van der Waals surface area contributed by atoms with Crippen molar-refractivity contribution in [2.75, 3.05) is 36.3 Å². The molecule has 1 aromatic heterocycles. The summed E-state index contributed by atoms with van der Waals surface area (Å²) in [6, 6.07) is 13.6. The fourth-order valence-electron chi connectivity index (χ4n) is 3.40. The standard InChI is InChI=1S/C22H23N5O5S2/c1-15(28)23-18-4-2-3-17(13-18)16-5-7-19(8-6-16)34(30,31)26-22-25-24-20(33-22)14-21(29)27-9-11-32-12-10-27/h2-8,13H,9-12,14H2,1H3,(H,23,28)(H,25,26). The minimum atomic E-state index is -3.88. The lowest BCUT2D eigenvalue weighted by Crippen LogP contribution is -2.41. The summed E-state index contributed by atoms with van der Waals surface area (Å²) in [5, 5.41) is 11.1. The Balaban J connectivity index is 1.42. The number of hydrogen-bond acceptors (Lipinski definition) is 8. The van der Waals surface area contributed by atoms with Gasteiger partial charge in [0.2, 0.25) is 16.9 Å². The van der Waals surface area contributed by atoms with Crippen molar-refractivity contribution >= 4 is 44.0 Å². The summed E-state index contributed by atoms with van der Waals surface area (Å²) in [6.07, 6.45) is 0.0612. The molecule has 1 saturated heterocycles. The van der Waals surface area contributed by atoms with Gasteiger partial charge < -0.3 is 15.0 Å². The number of morpholine rings is 1. The molecular weight excluding hydrogens is 478 g/mol. The zero-order valence-electron chi connectivity index (χ0n) is 18.4. The van der Waals surface area contributed by atoms with Gasteiger partial charge in [-0.25, -0.2) is 8.42 Å². The van der Waals surface area contributed by atoms with Gasteiger partial charge in [-0.1, -0.05) is 35.6 Å². The van der Waals surface area contributed by atoms with Crippen LogP contribution in [-0.2, 0) is 30.8 Å². The monoisotopic (exact) mass is 501 g/mol. The van der Waals surface area contributed by atoms with E-state index in [4.69, 9.17) is 4.74 Å². The van der Waals surface area contributed by atoms with Gasteiger partial charge in [-0.3, -0.25) is 14.3 Å². The lowest BCUT2D eigenvalue weighted by Gasteiger charge is -2.26. The molecule has 0 bridgehead atoms. The molecule has 2 aromatic carbocycles. The molecule has 178 valence electrons. The molecule has 2 N–H and O–H groups in total. The summed E-state index contributed by atoms with van der Waals surface area (Å²) < 4.78 is 33.3. The molecule has 1 aliphatic heterocycles. The number of ether oxygens (including phenoxy) is 1. The Bertz CT molecular complexity index is 1290. The van der Waals surface area contributed by atoms with Gasteiger partial charge in [0.25, 0.3) is 10.0 Å². The predicted molar refractivity (Wildman–Crippen MR) is 128 cm³/mol. The molecule has 0 saturated carbocycles. The highest BCUT2D eigenvalue weighted by molar-refractivity contribution is 7.93. The third-order valence-corrected chi connectivity index (χ3v) is 7.36. The third kappa shape index (κ3) is 5.95. The summed E-state index contributed by atoms with van der Waals surface area (Å²) in [5.74, 6) is -0.262. The van der Waals surface area contributed by atoms with Crippen molar-refractivity contribution in [3.05, 3.63) is 53.5 Å². The van der Waals surface area contributed by atoms with Crippen LogP contribution in [0.25, 0.3) is 11.1 Å². The summed E-state index contributed by atoms with van der Waals surface area (Å²) in [5.41, 5.74) is 2.29. The Kier molecular flexibility index (Phi) is 7.20. The number of hydrogen-bond donors (Lipinski definition) is 2. The van der Waals surface area contributed by atoms with Crippen LogP contribution in [0.15, 0.2) is 53.4 Å². The van der Waals surface area contributed by atoms with Crippen LogP contribution >= 0.6 is 11.3 Å². The molecule has 12 heteroatoms. The number of nitrogens with zero attached hydrogens (tertiary/aromatic N) is 3. The largest absolute Gasteiger partial charge is 0.378 e. The first-order valence-corrected chi connectivity index (χ1v) is 12.8. The minimum absolute atomic E-state index is 0.0612. The van der Waals surface area contributed by atoms with E-state index in [2.05, 4.69) is 20.2 Å². The van der Waals surface area contributed by atoms with E-state index in [1.54, 1.807) is 23.1 Å². The average Bonchev–Trinajstić information content (AvgIpc) is 3.25. The van der Waals surface area contributed by atoms with E-state index in [1.807, 2.05) is 18.2 Å². The highest BCUT2D eigenvalue weighted by Crippen LogP contribution is 2.26. The van der Waals surface area contributed by atoms with Crippen molar-refractivity contribution in [1.82, 2.24) is 15.1 Å². The Morgan fingerprint density at radius 2 is 1.79 bits per heavy atom. The molecule has 10 nitrogen and oxygen atoms in total. The van der Waals surface area contributed by atoms with Gasteiger partial charge in [-0.05, 0) is 35.4 Å². The summed E-state index contributed by atoms with van der Waals surface area (Å²) in [6.45, 7) is 3.51. The number of sulfonamides is 1. The van der Waals surface area contributed by atoms with Crippen LogP contribution in [0.1, 0.15) is 11.9 Å². The summed E-state index contributed by atoms with van der Waals surface area (Å²) in [4.78, 5) is 25.4. The van der Waals surface area contributed by atoms with Crippen molar-refractivity contribution in [2.45, 2.75) is 18.2 Å². The fraction of sp³-hybridized carbons (Fsp3) is 0.273. The van der Waals surface area contributed by atoms with Crippen LogP contribution in [0.4, 0.5) is 10.8 Å². The Morgan fingerprint density at radius 3 is 2.50 bits per heavy atom. The zero-order chi connectivity index (χ0) is 24.1. The van der Waals surface area contributed by atoms with Gasteiger partial charge in [0.05, 0.1) is 24.5 Å². The van der Waals surface area contributed by atoms with Gasteiger partial charge in [0.1, 0.15) is 5.01 Å². The third-order valence-electron chi connectivity index (χ3n) is 5.04. The lowest BCUT2D eigenvalue weighted by molar-refractivity contribution is -0.134. The van der Waals surface area contributed by atoms with Crippen LogP contribution < -0.4 is 10.0 Å². The van der Waals surface area contributed by atoms with E-state index in [0.29, 0.717) is 37.0 Å². The maximum absolute atomic E-state index is 12.8. The molecule has 1 fully saturated rings. The van der Waals surface area contributed by atoms with Crippen molar-refractivity contribution in [1.29, 1.82) is 0 Å². The fourth-order valence-corrected chi connectivity index (χ4v) is 5.36. The molecule has 2 heterocycles. The number of rotatable bonds is 7. The second kappa shape index (κ2) is 10.3. The van der Waals surface area contributed by atoms with E-state index >= 15 is 0 Å². The molecule has 0 aliphatic carbocycles. The van der Waals surface area contributed by atoms with Crippen LogP contribution in [-0.4, -0.2) is 61.6 Å². The van der Waals surface area contributed by atoms with Crippen molar-refractivity contribution in [3.8, 4) is 11.1 Å². The van der Waals surface area contributed by atoms with Gasteiger partial charge in [-0.2, -0.15) is 0 Å². The van der Waals surface area contributed by atoms with Gasteiger partial charge in [-0.15, -0.1) is 10.2 Å². The van der Waals surface area contributed by atoms with E-state index in [0.717, 1.165) is 22.5 Å². The first kappa shape index (κ1) is 23.8. The number of carbonyl (C=O) groups is 2. The molecule has 0 radical (unpaired) electrons. The minimum Gasteiger partial charge on any atom is -0.378 e. The van der Waals surface area contributed by atoms with Gasteiger partial charge in [0, 0.05) is 25.7 Å². The Morgan fingerprint density at radius 1 is 1.06 bits per heavy atom. The second-order valence-corrected chi connectivity index (χ2v) is 10.3. The van der Waals surface area contributed by atoms with Crippen molar-refractivity contribution in [3.63, 3.8) is 0 Å².